The highest BCUT2D eigenvalue weighted by Crippen LogP contribution is 2.39. The van der Waals surface area contributed by atoms with Crippen LogP contribution < -0.4 is 0 Å². The number of allylic oxidation sites excluding steroid dienone is 3. The molecular formula is C23H43N. The fourth-order valence-electron chi connectivity index (χ4n) is 4.34. The van der Waals surface area contributed by atoms with Gasteiger partial charge in [0, 0.05) is 6.54 Å². The molecule has 0 amide bonds. The highest BCUT2D eigenvalue weighted by Gasteiger charge is 2.35. The Balaban J connectivity index is 2.40. The van der Waals surface area contributed by atoms with Gasteiger partial charge in [0.05, 0.1) is 0 Å². The summed E-state index contributed by atoms with van der Waals surface area (Å²) in [7, 11) is 2.29. The van der Waals surface area contributed by atoms with Crippen LogP contribution in [-0.4, -0.2) is 25.0 Å². The van der Waals surface area contributed by atoms with Crippen molar-refractivity contribution >= 4 is 0 Å². The van der Waals surface area contributed by atoms with Crippen LogP contribution in [-0.2, 0) is 0 Å². The van der Waals surface area contributed by atoms with Gasteiger partial charge < -0.3 is 4.90 Å². The normalized spacial score (nSPS) is 23.6. The van der Waals surface area contributed by atoms with Gasteiger partial charge in [-0.05, 0) is 90.1 Å². The minimum atomic E-state index is 0.601. The summed E-state index contributed by atoms with van der Waals surface area (Å²) in [5.41, 5.74) is 3.56. The third-order valence-corrected chi connectivity index (χ3v) is 6.05. The maximum Gasteiger partial charge on any atom is 0.00355 e. The Morgan fingerprint density at radius 1 is 1.21 bits per heavy atom. The van der Waals surface area contributed by atoms with Gasteiger partial charge in [0.25, 0.3) is 0 Å². The Bertz CT molecular complexity index is 391. The van der Waals surface area contributed by atoms with Crippen LogP contribution in [0.1, 0.15) is 91.9 Å². The van der Waals surface area contributed by atoms with Crippen LogP contribution in [0.3, 0.4) is 0 Å². The van der Waals surface area contributed by atoms with Crippen LogP contribution in [0.2, 0.25) is 0 Å². The van der Waals surface area contributed by atoms with E-state index in [-0.39, 0.29) is 0 Å². The molecule has 1 heterocycles. The minimum absolute atomic E-state index is 0.601. The minimum Gasteiger partial charge on any atom is -0.306 e. The van der Waals surface area contributed by atoms with Crippen molar-refractivity contribution < 1.29 is 0 Å². The molecule has 24 heavy (non-hydrogen) atoms. The Labute approximate surface area is 152 Å². The molecule has 1 nitrogen and oxygen atoms in total. The number of rotatable bonds is 12. The molecular weight excluding hydrogens is 290 g/mol. The van der Waals surface area contributed by atoms with Crippen molar-refractivity contribution in [2.75, 3.05) is 20.1 Å². The second-order valence-electron chi connectivity index (χ2n) is 8.65. The molecule has 0 N–H and O–H groups in total. The molecule has 1 saturated heterocycles. The second-order valence-corrected chi connectivity index (χ2v) is 8.65. The van der Waals surface area contributed by atoms with E-state index >= 15 is 0 Å². The highest BCUT2D eigenvalue weighted by molar-refractivity contribution is 5.01. The Hall–Kier alpha value is -0.560. The van der Waals surface area contributed by atoms with Crippen molar-refractivity contribution in [2.45, 2.75) is 91.9 Å². The van der Waals surface area contributed by atoms with Crippen LogP contribution in [0.4, 0.5) is 0 Å². The standard InChI is InChI=1S/C23H43N/c1-7-15-23(17-18-24(6)19-23)16-14-21(5)12-13-22(8-2)11-9-10-20(3)4/h12,22H,3,7-11,13-19H2,1-2,4-6H3/b21-12-. The molecule has 1 aliphatic rings. The average molecular weight is 334 g/mol. The zero-order valence-corrected chi connectivity index (χ0v) is 17.3. The Kier molecular flexibility index (Phi) is 9.96. The molecule has 1 rings (SSSR count). The smallest absolute Gasteiger partial charge is 0.00355 e. The lowest BCUT2D eigenvalue weighted by molar-refractivity contribution is 0.238. The lowest BCUT2D eigenvalue weighted by atomic mass is 9.77. The van der Waals surface area contributed by atoms with Gasteiger partial charge in [-0.25, -0.2) is 0 Å². The van der Waals surface area contributed by atoms with Gasteiger partial charge in [-0.2, -0.15) is 0 Å². The quantitative estimate of drug-likeness (QED) is 0.348. The van der Waals surface area contributed by atoms with Crippen molar-refractivity contribution in [3.8, 4) is 0 Å². The van der Waals surface area contributed by atoms with Crippen LogP contribution in [0.15, 0.2) is 23.8 Å². The molecule has 0 bridgehead atoms. The first kappa shape index (κ1) is 21.5. The molecule has 1 aliphatic heterocycles. The first-order valence-electron chi connectivity index (χ1n) is 10.4. The predicted octanol–water partition coefficient (Wildman–Crippen LogP) is 7.00. The highest BCUT2D eigenvalue weighted by atomic mass is 15.1. The summed E-state index contributed by atoms with van der Waals surface area (Å²) in [6.07, 6.45) is 15.8. The van der Waals surface area contributed by atoms with Crippen molar-refractivity contribution in [1.29, 1.82) is 0 Å². The van der Waals surface area contributed by atoms with E-state index in [1.54, 1.807) is 5.57 Å². The topological polar surface area (TPSA) is 3.24 Å². The summed E-state index contributed by atoms with van der Waals surface area (Å²) in [5.74, 6) is 0.863. The third kappa shape index (κ3) is 8.01. The lowest BCUT2D eigenvalue weighted by Gasteiger charge is -2.29. The van der Waals surface area contributed by atoms with Crippen molar-refractivity contribution in [3.63, 3.8) is 0 Å². The molecule has 0 saturated carbocycles. The van der Waals surface area contributed by atoms with Gasteiger partial charge >= 0.3 is 0 Å². The average Bonchev–Trinajstić information content (AvgIpc) is 2.90. The van der Waals surface area contributed by atoms with Gasteiger partial charge in [0.15, 0.2) is 0 Å². The van der Waals surface area contributed by atoms with Gasteiger partial charge in [0.2, 0.25) is 0 Å². The van der Waals surface area contributed by atoms with E-state index in [4.69, 9.17) is 0 Å². The van der Waals surface area contributed by atoms with Crippen LogP contribution >= 0.6 is 0 Å². The van der Waals surface area contributed by atoms with Gasteiger partial charge in [-0.3, -0.25) is 0 Å². The third-order valence-electron chi connectivity index (χ3n) is 6.05. The van der Waals surface area contributed by atoms with E-state index in [1.165, 1.54) is 82.9 Å². The summed E-state index contributed by atoms with van der Waals surface area (Å²) >= 11 is 0. The van der Waals surface area contributed by atoms with Crippen molar-refractivity contribution in [3.05, 3.63) is 23.8 Å². The first-order chi connectivity index (χ1) is 11.4. The molecule has 2 atom stereocenters. The van der Waals surface area contributed by atoms with E-state index in [2.05, 4.69) is 52.3 Å². The van der Waals surface area contributed by atoms with Gasteiger partial charge in [-0.1, -0.05) is 43.9 Å². The monoisotopic (exact) mass is 333 g/mol. The SMILES string of the molecule is C=C(C)CCCC(CC)C/C=C(/C)CCC1(CCC)CCN(C)C1. The van der Waals surface area contributed by atoms with Gasteiger partial charge in [-0.15, -0.1) is 6.58 Å². The Morgan fingerprint density at radius 3 is 2.50 bits per heavy atom. The number of hydrogen-bond acceptors (Lipinski definition) is 1. The maximum atomic E-state index is 4.03. The zero-order valence-electron chi connectivity index (χ0n) is 17.3. The molecule has 1 heteroatoms. The largest absolute Gasteiger partial charge is 0.306 e. The predicted molar refractivity (Wildman–Crippen MR) is 110 cm³/mol. The molecule has 140 valence electrons. The van der Waals surface area contributed by atoms with Gasteiger partial charge in [0.1, 0.15) is 0 Å². The van der Waals surface area contributed by atoms with Crippen molar-refractivity contribution in [1.82, 2.24) is 4.90 Å². The van der Waals surface area contributed by atoms with E-state index < -0.39 is 0 Å². The second kappa shape index (κ2) is 11.1. The molecule has 0 spiro atoms. The van der Waals surface area contributed by atoms with E-state index in [1.807, 2.05) is 0 Å². The fourth-order valence-corrected chi connectivity index (χ4v) is 4.34. The van der Waals surface area contributed by atoms with E-state index in [0.29, 0.717) is 5.41 Å². The maximum absolute atomic E-state index is 4.03. The molecule has 0 aromatic rings. The summed E-state index contributed by atoms with van der Waals surface area (Å²) in [6, 6.07) is 0. The summed E-state index contributed by atoms with van der Waals surface area (Å²) in [4.78, 5) is 2.53. The summed E-state index contributed by atoms with van der Waals surface area (Å²) in [6.45, 7) is 15.8. The molecule has 2 unspecified atom stereocenters. The summed E-state index contributed by atoms with van der Waals surface area (Å²) < 4.78 is 0. The van der Waals surface area contributed by atoms with Crippen LogP contribution in [0.25, 0.3) is 0 Å². The van der Waals surface area contributed by atoms with E-state index in [9.17, 15) is 0 Å². The van der Waals surface area contributed by atoms with E-state index in [0.717, 1.165) is 5.92 Å². The number of nitrogens with zero attached hydrogens (tertiary/aromatic N) is 1. The van der Waals surface area contributed by atoms with Crippen LogP contribution in [0.5, 0.6) is 0 Å². The summed E-state index contributed by atoms with van der Waals surface area (Å²) in [5, 5.41) is 0. The van der Waals surface area contributed by atoms with Crippen LogP contribution in [0, 0.1) is 11.3 Å². The molecule has 0 radical (unpaired) electrons. The number of likely N-dealkylation sites (tertiary alicyclic amines) is 1. The number of hydrogen-bond donors (Lipinski definition) is 0. The molecule has 0 aromatic carbocycles. The molecule has 0 aromatic heterocycles. The molecule has 0 aliphatic carbocycles. The van der Waals surface area contributed by atoms with Crippen molar-refractivity contribution in [2.24, 2.45) is 11.3 Å². The first-order valence-corrected chi connectivity index (χ1v) is 10.4. The Morgan fingerprint density at radius 2 is 1.96 bits per heavy atom. The fraction of sp³-hybridized carbons (Fsp3) is 0.826. The lowest BCUT2D eigenvalue weighted by Crippen LogP contribution is -2.25. The zero-order chi connectivity index (χ0) is 18.0. The molecule has 1 fully saturated rings.